The molecule has 0 saturated carbocycles. The smallest absolute Gasteiger partial charge is 0.291 e. The Bertz CT molecular complexity index is 1210. The van der Waals surface area contributed by atoms with Gasteiger partial charge < -0.3 is 14.1 Å². The maximum Gasteiger partial charge on any atom is 0.291 e. The predicted octanol–water partition coefficient (Wildman–Crippen LogP) is 4.27. The fourth-order valence-electron chi connectivity index (χ4n) is 4.70. The Labute approximate surface area is 173 Å². The lowest BCUT2D eigenvalue weighted by molar-refractivity contribution is 0.0486. The van der Waals surface area contributed by atoms with Crippen LogP contribution in [0, 0.1) is 19.7 Å². The van der Waals surface area contributed by atoms with Crippen LogP contribution in [0.25, 0.3) is 11.0 Å². The van der Waals surface area contributed by atoms with Crippen LogP contribution in [-0.4, -0.2) is 30.1 Å². The minimum Gasteiger partial charge on any atom is -0.450 e. The fourth-order valence-corrected chi connectivity index (χ4v) is 4.70. The molecule has 0 spiro atoms. The van der Waals surface area contributed by atoms with Gasteiger partial charge in [0.1, 0.15) is 11.4 Å². The van der Waals surface area contributed by atoms with Crippen LogP contribution < -0.4 is 5.43 Å². The maximum absolute atomic E-state index is 13.6. The minimum atomic E-state index is -0.626. The largest absolute Gasteiger partial charge is 0.450 e. The van der Waals surface area contributed by atoms with Crippen molar-refractivity contribution in [2.45, 2.75) is 38.8 Å². The van der Waals surface area contributed by atoms with Gasteiger partial charge in [-0.3, -0.25) is 9.59 Å². The molecule has 0 aliphatic carbocycles. The van der Waals surface area contributed by atoms with Gasteiger partial charge in [0.25, 0.3) is 5.91 Å². The molecule has 3 aromatic rings. The molecule has 1 fully saturated rings. The molecule has 0 N–H and O–H groups in total. The van der Waals surface area contributed by atoms with Crippen molar-refractivity contribution in [2.24, 2.45) is 0 Å². The predicted molar refractivity (Wildman–Crippen MR) is 110 cm³/mol. The normalized spacial score (nSPS) is 20.9. The summed E-state index contributed by atoms with van der Waals surface area (Å²) in [6.07, 6.45) is 1.72. The Balaban J connectivity index is 1.73. The summed E-state index contributed by atoms with van der Waals surface area (Å²) in [4.78, 5) is 28.6. The number of aryl methyl sites for hydroxylation is 2. The second kappa shape index (κ2) is 7.06. The van der Waals surface area contributed by atoms with Crippen LogP contribution in [0.2, 0.25) is 0 Å². The van der Waals surface area contributed by atoms with Gasteiger partial charge in [0.15, 0.2) is 5.43 Å². The highest BCUT2D eigenvalue weighted by Crippen LogP contribution is 2.39. The number of carbonyl (C=O) groups excluding carboxylic acids is 1. The molecule has 3 heterocycles. The quantitative estimate of drug-likeness (QED) is 0.651. The third-order valence-electron chi connectivity index (χ3n) is 6.02. The summed E-state index contributed by atoms with van der Waals surface area (Å²) >= 11 is 0. The highest BCUT2D eigenvalue weighted by atomic mass is 19.1. The molecule has 2 atom stereocenters. The molecule has 0 bridgehead atoms. The molecule has 2 aliphatic rings. The molecule has 30 heavy (non-hydrogen) atoms. The molecule has 6 heteroatoms. The zero-order valence-corrected chi connectivity index (χ0v) is 16.9. The Kier molecular flexibility index (Phi) is 4.47. The van der Waals surface area contributed by atoms with Crippen molar-refractivity contribution in [1.29, 1.82) is 0 Å². The number of hydrogen-bond acceptors (Lipinski definition) is 4. The number of ether oxygens (including phenoxy) is 1. The summed E-state index contributed by atoms with van der Waals surface area (Å²) in [6, 6.07) is 9.02. The maximum atomic E-state index is 13.6. The zero-order chi connectivity index (χ0) is 21.0. The van der Waals surface area contributed by atoms with Gasteiger partial charge in [-0.15, -0.1) is 0 Å². The van der Waals surface area contributed by atoms with Gasteiger partial charge in [-0.05, 0) is 61.6 Å². The van der Waals surface area contributed by atoms with Crippen LogP contribution in [-0.2, 0) is 4.74 Å². The van der Waals surface area contributed by atoms with Gasteiger partial charge in [0.05, 0.1) is 23.1 Å². The van der Waals surface area contributed by atoms with E-state index in [4.69, 9.17) is 9.15 Å². The van der Waals surface area contributed by atoms with Gasteiger partial charge in [0.2, 0.25) is 5.76 Å². The lowest BCUT2D eigenvalue weighted by atomic mass is 9.96. The van der Waals surface area contributed by atoms with Gasteiger partial charge in [0, 0.05) is 13.2 Å². The molecule has 5 rings (SSSR count). The molecule has 0 radical (unpaired) electrons. The molecule has 1 aromatic heterocycles. The number of benzene rings is 2. The second-order valence-electron chi connectivity index (χ2n) is 8.18. The summed E-state index contributed by atoms with van der Waals surface area (Å²) < 4.78 is 25.3. The number of nitrogens with zero attached hydrogens (tertiary/aromatic N) is 1. The van der Waals surface area contributed by atoms with E-state index in [1.54, 1.807) is 23.1 Å². The lowest BCUT2D eigenvalue weighted by Crippen LogP contribution is -2.36. The number of carbonyl (C=O) groups is 1. The van der Waals surface area contributed by atoms with Crippen LogP contribution in [0.3, 0.4) is 0 Å². The van der Waals surface area contributed by atoms with E-state index in [0.29, 0.717) is 35.2 Å². The van der Waals surface area contributed by atoms with E-state index >= 15 is 0 Å². The van der Waals surface area contributed by atoms with Gasteiger partial charge in [-0.1, -0.05) is 18.2 Å². The number of hydrogen-bond donors (Lipinski definition) is 0. The van der Waals surface area contributed by atoms with Gasteiger partial charge >= 0.3 is 0 Å². The number of rotatable bonds is 3. The van der Waals surface area contributed by atoms with Crippen LogP contribution in [0.15, 0.2) is 45.6 Å². The van der Waals surface area contributed by atoms with Crippen molar-refractivity contribution in [3.8, 4) is 0 Å². The third-order valence-corrected chi connectivity index (χ3v) is 6.02. The first kappa shape index (κ1) is 19.0. The second-order valence-corrected chi connectivity index (χ2v) is 8.18. The van der Waals surface area contributed by atoms with Crippen LogP contribution in [0.5, 0.6) is 0 Å². The fraction of sp³-hybridized carbons (Fsp3) is 0.333. The molecule has 154 valence electrons. The summed E-state index contributed by atoms with van der Waals surface area (Å²) in [6.45, 7) is 4.82. The third kappa shape index (κ3) is 2.94. The lowest BCUT2D eigenvalue weighted by Gasteiger charge is -2.27. The first-order valence-electron chi connectivity index (χ1n) is 10.2. The average molecular weight is 407 g/mol. The highest BCUT2D eigenvalue weighted by molar-refractivity contribution is 5.99. The van der Waals surface area contributed by atoms with Gasteiger partial charge in [-0.25, -0.2) is 4.39 Å². The van der Waals surface area contributed by atoms with E-state index < -0.39 is 6.04 Å². The Morgan fingerprint density at radius 3 is 2.60 bits per heavy atom. The first-order valence-corrected chi connectivity index (χ1v) is 10.2. The Hall–Kier alpha value is -2.99. The van der Waals surface area contributed by atoms with Crippen LogP contribution in [0.1, 0.15) is 51.7 Å². The summed E-state index contributed by atoms with van der Waals surface area (Å²) in [7, 11) is 0. The summed E-state index contributed by atoms with van der Waals surface area (Å²) in [5.74, 6) is -0.622. The molecule has 2 aromatic carbocycles. The average Bonchev–Trinajstić information content (AvgIpc) is 3.30. The molecule has 2 aliphatic heterocycles. The van der Waals surface area contributed by atoms with E-state index in [2.05, 4.69) is 0 Å². The number of amides is 1. The van der Waals surface area contributed by atoms with E-state index in [1.165, 1.54) is 12.1 Å². The standard InChI is InChI=1S/C24H22FNO4/c1-13-10-14(2)19-18(11-13)30-23-20(22(19)27)21(15-5-7-16(25)8-6-15)26(24(23)28)12-17-4-3-9-29-17/h5-8,10-11,17,21H,3-4,9,12H2,1-2H3. The summed E-state index contributed by atoms with van der Waals surface area (Å²) in [5.41, 5.74) is 2.98. The molecule has 1 saturated heterocycles. The Morgan fingerprint density at radius 2 is 1.90 bits per heavy atom. The monoisotopic (exact) mass is 407 g/mol. The van der Waals surface area contributed by atoms with Crippen molar-refractivity contribution in [3.63, 3.8) is 0 Å². The Morgan fingerprint density at radius 1 is 1.13 bits per heavy atom. The minimum absolute atomic E-state index is 0.0739. The van der Waals surface area contributed by atoms with E-state index in [0.717, 1.165) is 24.0 Å². The van der Waals surface area contributed by atoms with Crippen LogP contribution >= 0.6 is 0 Å². The van der Waals surface area contributed by atoms with E-state index in [-0.39, 0.29) is 29.0 Å². The first-order chi connectivity index (χ1) is 14.4. The van der Waals surface area contributed by atoms with Crippen molar-refractivity contribution in [3.05, 3.63) is 80.5 Å². The SMILES string of the molecule is Cc1cc(C)c2c(=O)c3c(oc2c1)C(=O)N(CC1CCCO1)C3c1ccc(F)cc1. The van der Waals surface area contributed by atoms with Crippen molar-refractivity contribution in [2.75, 3.05) is 13.2 Å². The van der Waals surface area contributed by atoms with Crippen molar-refractivity contribution >= 4 is 16.9 Å². The number of halogens is 1. The van der Waals surface area contributed by atoms with Crippen molar-refractivity contribution in [1.82, 2.24) is 4.90 Å². The topological polar surface area (TPSA) is 59.8 Å². The highest BCUT2D eigenvalue weighted by Gasteiger charge is 2.44. The molecular formula is C24H22FNO4. The molecule has 5 nitrogen and oxygen atoms in total. The number of fused-ring (bicyclic) bond motifs is 2. The molecule has 1 amide bonds. The van der Waals surface area contributed by atoms with Crippen molar-refractivity contribution < 1.29 is 18.3 Å². The zero-order valence-electron chi connectivity index (χ0n) is 16.9. The molecular weight excluding hydrogens is 385 g/mol. The van der Waals surface area contributed by atoms with E-state index in [1.807, 2.05) is 19.9 Å². The van der Waals surface area contributed by atoms with E-state index in [9.17, 15) is 14.0 Å². The summed E-state index contributed by atoms with van der Waals surface area (Å²) in [5, 5.41) is 0.484. The van der Waals surface area contributed by atoms with Gasteiger partial charge in [-0.2, -0.15) is 0 Å². The molecule has 2 unspecified atom stereocenters. The van der Waals surface area contributed by atoms with Crippen LogP contribution in [0.4, 0.5) is 4.39 Å².